The topological polar surface area (TPSA) is 78.3 Å². The van der Waals surface area contributed by atoms with Gasteiger partial charge in [0.15, 0.2) is 0 Å². The molecular formula is C11H16N2O2. The minimum Gasteiger partial charge on any atom is -0.380 e. The third-order valence-electron chi connectivity index (χ3n) is 2.18. The lowest BCUT2D eigenvalue weighted by Crippen LogP contribution is -2.21. The second-order valence-electron chi connectivity index (χ2n) is 3.41. The summed E-state index contributed by atoms with van der Waals surface area (Å²) in [7, 11) is 1.62. The van der Waals surface area contributed by atoms with Crippen molar-refractivity contribution < 1.29 is 9.53 Å². The van der Waals surface area contributed by atoms with Crippen LogP contribution in [0.5, 0.6) is 0 Å². The summed E-state index contributed by atoms with van der Waals surface area (Å²) in [5, 5.41) is 0. The normalized spacial score (nSPS) is 12.4. The van der Waals surface area contributed by atoms with Crippen molar-refractivity contribution in [2.75, 3.05) is 7.11 Å². The van der Waals surface area contributed by atoms with E-state index in [1.807, 2.05) is 24.3 Å². The summed E-state index contributed by atoms with van der Waals surface area (Å²) in [5.74, 6) is -0.394. The number of primary amides is 1. The van der Waals surface area contributed by atoms with E-state index in [0.717, 1.165) is 11.1 Å². The van der Waals surface area contributed by atoms with Gasteiger partial charge in [-0.15, -0.1) is 0 Å². The molecule has 0 aromatic heterocycles. The maximum absolute atomic E-state index is 10.8. The summed E-state index contributed by atoms with van der Waals surface area (Å²) in [6.45, 7) is 0.489. The van der Waals surface area contributed by atoms with Crippen LogP contribution in [0.2, 0.25) is 0 Å². The molecule has 4 heteroatoms. The van der Waals surface area contributed by atoms with Crippen molar-refractivity contribution in [3.8, 4) is 0 Å². The van der Waals surface area contributed by atoms with E-state index in [-0.39, 0.29) is 12.5 Å². The van der Waals surface area contributed by atoms with E-state index in [1.165, 1.54) is 0 Å². The molecule has 0 saturated heterocycles. The number of ether oxygens (including phenoxy) is 1. The van der Waals surface area contributed by atoms with Crippen LogP contribution in [-0.4, -0.2) is 13.0 Å². The fraction of sp³-hybridized carbons (Fsp3) is 0.364. The highest BCUT2D eigenvalue weighted by Gasteiger charge is 2.12. The Morgan fingerprint density at radius 1 is 1.47 bits per heavy atom. The van der Waals surface area contributed by atoms with Gasteiger partial charge < -0.3 is 16.2 Å². The Labute approximate surface area is 89.2 Å². The molecule has 1 amide bonds. The van der Waals surface area contributed by atoms with Gasteiger partial charge in [-0.1, -0.05) is 24.3 Å². The van der Waals surface area contributed by atoms with Crippen LogP contribution in [0.4, 0.5) is 0 Å². The lowest BCUT2D eigenvalue weighted by atomic mass is 9.99. The third kappa shape index (κ3) is 3.34. The van der Waals surface area contributed by atoms with Gasteiger partial charge in [0.25, 0.3) is 0 Å². The molecule has 0 spiro atoms. The van der Waals surface area contributed by atoms with E-state index < -0.39 is 5.91 Å². The summed E-state index contributed by atoms with van der Waals surface area (Å²) in [5.41, 5.74) is 12.9. The number of hydrogen-bond donors (Lipinski definition) is 2. The zero-order valence-corrected chi connectivity index (χ0v) is 8.77. The van der Waals surface area contributed by atoms with E-state index in [9.17, 15) is 4.79 Å². The number of rotatable bonds is 5. The Morgan fingerprint density at radius 2 is 2.13 bits per heavy atom. The average Bonchev–Trinajstić information content (AvgIpc) is 2.18. The van der Waals surface area contributed by atoms with Crippen molar-refractivity contribution in [3.05, 3.63) is 35.4 Å². The first-order valence-corrected chi connectivity index (χ1v) is 4.75. The van der Waals surface area contributed by atoms with Crippen LogP contribution in [0.1, 0.15) is 23.6 Å². The molecule has 1 atom stereocenters. The zero-order chi connectivity index (χ0) is 11.3. The second-order valence-corrected chi connectivity index (χ2v) is 3.41. The number of carbonyl (C=O) groups excluding carboxylic acids is 1. The van der Waals surface area contributed by atoms with E-state index >= 15 is 0 Å². The first kappa shape index (κ1) is 11.7. The molecule has 0 radical (unpaired) electrons. The number of benzene rings is 1. The summed E-state index contributed by atoms with van der Waals surface area (Å²) in [6.07, 6.45) is 0.153. The minimum atomic E-state index is -0.394. The van der Waals surface area contributed by atoms with Crippen LogP contribution in [0.3, 0.4) is 0 Å². The van der Waals surface area contributed by atoms with Gasteiger partial charge in [0.05, 0.1) is 6.61 Å². The summed E-state index contributed by atoms with van der Waals surface area (Å²) in [4.78, 5) is 10.8. The maximum Gasteiger partial charge on any atom is 0.219 e. The quantitative estimate of drug-likeness (QED) is 0.748. The van der Waals surface area contributed by atoms with Crippen LogP contribution in [0, 0.1) is 0 Å². The molecule has 4 nitrogen and oxygen atoms in total. The Kier molecular flexibility index (Phi) is 4.27. The predicted molar refractivity (Wildman–Crippen MR) is 57.9 cm³/mol. The average molecular weight is 208 g/mol. The molecule has 0 fully saturated rings. The highest BCUT2D eigenvalue weighted by molar-refractivity contribution is 5.74. The zero-order valence-electron chi connectivity index (χ0n) is 8.77. The van der Waals surface area contributed by atoms with Gasteiger partial charge in [0.2, 0.25) is 5.91 Å². The highest BCUT2D eigenvalue weighted by Crippen LogP contribution is 2.19. The molecule has 1 rings (SSSR count). The molecule has 1 unspecified atom stereocenters. The lowest BCUT2D eigenvalue weighted by Gasteiger charge is -2.14. The second kappa shape index (κ2) is 5.48. The van der Waals surface area contributed by atoms with Crippen LogP contribution in [-0.2, 0) is 16.1 Å². The first-order valence-electron chi connectivity index (χ1n) is 4.75. The number of amides is 1. The van der Waals surface area contributed by atoms with Crippen LogP contribution in [0.25, 0.3) is 0 Å². The molecule has 15 heavy (non-hydrogen) atoms. The molecule has 82 valence electrons. The Balaban J connectivity index is 2.86. The van der Waals surface area contributed by atoms with Crippen LogP contribution in [0.15, 0.2) is 24.3 Å². The van der Waals surface area contributed by atoms with Crippen molar-refractivity contribution >= 4 is 5.91 Å². The minimum absolute atomic E-state index is 0.153. The lowest BCUT2D eigenvalue weighted by molar-refractivity contribution is -0.118. The van der Waals surface area contributed by atoms with Gasteiger partial charge in [0.1, 0.15) is 0 Å². The Bertz CT molecular complexity index is 339. The maximum atomic E-state index is 10.8. The number of methoxy groups -OCH3 is 1. The van der Waals surface area contributed by atoms with Crippen LogP contribution >= 0.6 is 0 Å². The molecule has 0 heterocycles. The molecule has 0 aliphatic rings. The van der Waals surface area contributed by atoms with Gasteiger partial charge in [-0.2, -0.15) is 0 Å². The summed E-state index contributed by atoms with van der Waals surface area (Å²) in [6, 6.07) is 7.26. The Morgan fingerprint density at radius 3 is 2.73 bits per heavy atom. The molecular weight excluding hydrogens is 192 g/mol. The summed E-state index contributed by atoms with van der Waals surface area (Å²) < 4.78 is 5.05. The molecule has 4 N–H and O–H groups in total. The van der Waals surface area contributed by atoms with Gasteiger partial charge in [-0.25, -0.2) is 0 Å². The molecule has 0 aliphatic carbocycles. The molecule has 0 bridgehead atoms. The molecule has 1 aromatic rings. The fourth-order valence-corrected chi connectivity index (χ4v) is 1.51. The van der Waals surface area contributed by atoms with E-state index in [4.69, 9.17) is 16.2 Å². The van der Waals surface area contributed by atoms with Crippen molar-refractivity contribution in [2.24, 2.45) is 11.5 Å². The Hall–Kier alpha value is -1.39. The fourth-order valence-electron chi connectivity index (χ4n) is 1.51. The van der Waals surface area contributed by atoms with Gasteiger partial charge in [0, 0.05) is 19.6 Å². The monoisotopic (exact) mass is 208 g/mol. The predicted octanol–water partition coefficient (Wildman–Crippen LogP) is 0.708. The number of carbonyl (C=O) groups is 1. The van der Waals surface area contributed by atoms with E-state index in [2.05, 4.69) is 0 Å². The molecule has 0 saturated carbocycles. The van der Waals surface area contributed by atoms with Gasteiger partial charge >= 0.3 is 0 Å². The van der Waals surface area contributed by atoms with Gasteiger partial charge in [-0.3, -0.25) is 4.79 Å². The number of hydrogen-bond acceptors (Lipinski definition) is 3. The van der Waals surface area contributed by atoms with Gasteiger partial charge in [-0.05, 0) is 11.1 Å². The first-order chi connectivity index (χ1) is 7.15. The van der Waals surface area contributed by atoms with E-state index in [1.54, 1.807) is 7.11 Å². The standard InChI is InChI=1S/C11H16N2O2/c1-15-7-8-4-2-3-5-9(8)10(12)6-11(13)14/h2-5,10H,6-7,12H2,1H3,(H2,13,14). The van der Waals surface area contributed by atoms with Crippen LogP contribution < -0.4 is 11.5 Å². The van der Waals surface area contributed by atoms with E-state index in [0.29, 0.717) is 6.61 Å². The van der Waals surface area contributed by atoms with Crippen molar-refractivity contribution in [1.82, 2.24) is 0 Å². The summed E-state index contributed by atoms with van der Waals surface area (Å²) >= 11 is 0. The number of nitrogens with two attached hydrogens (primary N) is 2. The van der Waals surface area contributed by atoms with Crippen molar-refractivity contribution in [3.63, 3.8) is 0 Å². The third-order valence-corrected chi connectivity index (χ3v) is 2.18. The van der Waals surface area contributed by atoms with Crippen molar-refractivity contribution in [2.45, 2.75) is 19.1 Å². The smallest absolute Gasteiger partial charge is 0.219 e. The molecule has 1 aromatic carbocycles. The SMILES string of the molecule is COCc1ccccc1C(N)CC(N)=O. The van der Waals surface area contributed by atoms with Crippen molar-refractivity contribution in [1.29, 1.82) is 0 Å². The molecule has 0 aliphatic heterocycles. The largest absolute Gasteiger partial charge is 0.380 e. The highest BCUT2D eigenvalue weighted by atomic mass is 16.5.